The van der Waals surface area contributed by atoms with Crippen molar-refractivity contribution in [2.24, 2.45) is 0 Å². The van der Waals surface area contributed by atoms with E-state index in [4.69, 9.17) is 4.52 Å². The van der Waals surface area contributed by atoms with Crippen LogP contribution >= 0.6 is 0 Å². The quantitative estimate of drug-likeness (QED) is 0.582. The fourth-order valence-electron chi connectivity index (χ4n) is 2.70. The van der Waals surface area contributed by atoms with Crippen LogP contribution < -0.4 is 5.32 Å². The number of anilines is 1. The molecule has 0 atom stereocenters. The van der Waals surface area contributed by atoms with Crippen LogP contribution in [0.1, 0.15) is 21.6 Å². The number of hydrogen-bond acceptors (Lipinski definition) is 4. The molecule has 0 spiro atoms. The van der Waals surface area contributed by atoms with Crippen LogP contribution in [-0.4, -0.2) is 20.8 Å². The number of aromatic nitrogens is 3. The van der Waals surface area contributed by atoms with Gasteiger partial charge in [-0.2, -0.15) is 5.10 Å². The second-order valence-corrected chi connectivity index (χ2v) is 6.28. The third-order valence-electron chi connectivity index (χ3n) is 4.15. The SMILES string of the molecule is Cc1ccc(-c2cc(C(=O)Nc3ccn(Cc4ccccc4)n3)no2)cc1. The Morgan fingerprint density at radius 2 is 1.85 bits per heavy atom. The van der Waals surface area contributed by atoms with Crippen LogP contribution in [-0.2, 0) is 6.54 Å². The fraction of sp³-hybridized carbons (Fsp3) is 0.0952. The maximum atomic E-state index is 12.4. The minimum atomic E-state index is -0.359. The normalized spacial score (nSPS) is 10.7. The van der Waals surface area contributed by atoms with Crippen molar-refractivity contribution in [1.29, 1.82) is 0 Å². The first-order valence-corrected chi connectivity index (χ1v) is 8.60. The molecule has 0 aliphatic rings. The second kappa shape index (κ2) is 7.29. The number of carbonyl (C=O) groups is 1. The molecule has 0 bridgehead atoms. The summed E-state index contributed by atoms with van der Waals surface area (Å²) in [5.41, 5.74) is 3.38. The average Bonchev–Trinajstić information content (AvgIpc) is 3.33. The summed E-state index contributed by atoms with van der Waals surface area (Å²) in [5.74, 6) is 0.660. The molecular weight excluding hydrogens is 340 g/mol. The van der Waals surface area contributed by atoms with Crippen molar-refractivity contribution in [2.75, 3.05) is 5.32 Å². The van der Waals surface area contributed by atoms with Crippen molar-refractivity contribution in [3.05, 3.63) is 89.7 Å². The maximum absolute atomic E-state index is 12.4. The zero-order valence-corrected chi connectivity index (χ0v) is 14.8. The number of nitrogens with zero attached hydrogens (tertiary/aromatic N) is 3. The van der Waals surface area contributed by atoms with Gasteiger partial charge in [-0.1, -0.05) is 65.3 Å². The predicted molar refractivity (Wildman–Crippen MR) is 102 cm³/mol. The highest BCUT2D eigenvalue weighted by molar-refractivity contribution is 6.02. The zero-order valence-electron chi connectivity index (χ0n) is 14.8. The molecule has 4 rings (SSSR count). The standard InChI is InChI=1S/C21H18N4O2/c1-15-7-9-17(10-8-15)19-13-18(24-27-19)21(26)22-20-11-12-25(23-20)14-16-5-3-2-4-6-16/h2-13H,14H2,1H3,(H,22,23,26). The first-order valence-electron chi connectivity index (χ1n) is 8.60. The molecule has 0 saturated heterocycles. The van der Waals surface area contributed by atoms with E-state index in [2.05, 4.69) is 15.6 Å². The van der Waals surface area contributed by atoms with Crippen molar-refractivity contribution in [1.82, 2.24) is 14.9 Å². The van der Waals surface area contributed by atoms with Gasteiger partial charge in [0.05, 0.1) is 6.54 Å². The summed E-state index contributed by atoms with van der Waals surface area (Å²) in [6, 6.07) is 21.2. The number of nitrogens with one attached hydrogen (secondary N) is 1. The van der Waals surface area contributed by atoms with E-state index in [-0.39, 0.29) is 11.6 Å². The molecule has 0 aliphatic heterocycles. The lowest BCUT2D eigenvalue weighted by Gasteiger charge is -2.01. The highest BCUT2D eigenvalue weighted by atomic mass is 16.5. The number of rotatable bonds is 5. The van der Waals surface area contributed by atoms with E-state index in [9.17, 15) is 4.79 Å². The van der Waals surface area contributed by atoms with Crippen LogP contribution in [0.25, 0.3) is 11.3 Å². The van der Waals surface area contributed by atoms with Gasteiger partial charge in [-0.3, -0.25) is 9.48 Å². The van der Waals surface area contributed by atoms with Crippen LogP contribution in [0, 0.1) is 6.92 Å². The Morgan fingerprint density at radius 3 is 2.63 bits per heavy atom. The minimum absolute atomic E-state index is 0.211. The van der Waals surface area contributed by atoms with Crippen molar-refractivity contribution in [2.45, 2.75) is 13.5 Å². The van der Waals surface area contributed by atoms with E-state index in [1.165, 1.54) is 0 Å². The summed E-state index contributed by atoms with van der Waals surface area (Å²) in [5, 5.41) is 11.0. The fourth-order valence-corrected chi connectivity index (χ4v) is 2.70. The van der Waals surface area contributed by atoms with Crippen LogP contribution in [0.15, 0.2) is 77.4 Å². The van der Waals surface area contributed by atoms with E-state index in [0.717, 1.165) is 16.7 Å². The predicted octanol–water partition coefficient (Wildman–Crippen LogP) is 4.15. The summed E-state index contributed by atoms with van der Waals surface area (Å²) in [4.78, 5) is 12.4. The van der Waals surface area contributed by atoms with Gasteiger partial charge in [-0.25, -0.2) is 0 Å². The topological polar surface area (TPSA) is 73.0 Å². The van der Waals surface area contributed by atoms with Gasteiger partial charge in [0, 0.05) is 23.9 Å². The molecule has 0 unspecified atom stereocenters. The molecule has 6 heteroatoms. The van der Waals surface area contributed by atoms with E-state index in [1.54, 1.807) is 16.8 Å². The Balaban J connectivity index is 1.43. The molecule has 27 heavy (non-hydrogen) atoms. The van der Waals surface area contributed by atoms with Gasteiger partial charge in [-0.15, -0.1) is 0 Å². The highest BCUT2D eigenvalue weighted by Gasteiger charge is 2.15. The van der Waals surface area contributed by atoms with E-state index >= 15 is 0 Å². The molecular formula is C21H18N4O2. The van der Waals surface area contributed by atoms with Crippen LogP contribution in [0.5, 0.6) is 0 Å². The maximum Gasteiger partial charge on any atom is 0.279 e. The number of carbonyl (C=O) groups excluding carboxylic acids is 1. The van der Waals surface area contributed by atoms with Crippen molar-refractivity contribution in [3.8, 4) is 11.3 Å². The number of amides is 1. The highest BCUT2D eigenvalue weighted by Crippen LogP contribution is 2.21. The average molecular weight is 358 g/mol. The summed E-state index contributed by atoms with van der Waals surface area (Å²) in [6.45, 7) is 2.65. The molecule has 134 valence electrons. The summed E-state index contributed by atoms with van der Waals surface area (Å²) < 4.78 is 7.07. The molecule has 0 radical (unpaired) electrons. The zero-order chi connectivity index (χ0) is 18.6. The van der Waals surface area contributed by atoms with E-state index < -0.39 is 0 Å². The van der Waals surface area contributed by atoms with Gasteiger partial charge < -0.3 is 9.84 Å². The largest absolute Gasteiger partial charge is 0.355 e. The monoisotopic (exact) mass is 358 g/mol. The van der Waals surface area contributed by atoms with Crippen molar-refractivity contribution < 1.29 is 9.32 Å². The molecule has 4 aromatic rings. The van der Waals surface area contributed by atoms with Gasteiger partial charge >= 0.3 is 0 Å². The summed E-state index contributed by atoms with van der Waals surface area (Å²) in [6.07, 6.45) is 1.82. The number of aryl methyl sites for hydroxylation is 1. The van der Waals surface area contributed by atoms with Crippen molar-refractivity contribution in [3.63, 3.8) is 0 Å². The molecule has 2 heterocycles. The second-order valence-electron chi connectivity index (χ2n) is 6.28. The van der Waals surface area contributed by atoms with Gasteiger partial charge in [0.2, 0.25) is 0 Å². The Bertz CT molecular complexity index is 1050. The third-order valence-corrected chi connectivity index (χ3v) is 4.15. The lowest BCUT2D eigenvalue weighted by molar-refractivity contribution is 0.101. The smallest absolute Gasteiger partial charge is 0.279 e. The Hall–Kier alpha value is -3.67. The van der Waals surface area contributed by atoms with Gasteiger partial charge in [-0.05, 0) is 12.5 Å². The Labute approximate surface area is 156 Å². The molecule has 0 fully saturated rings. The van der Waals surface area contributed by atoms with E-state index in [1.807, 2.05) is 67.7 Å². The molecule has 0 aliphatic carbocycles. The Kier molecular flexibility index (Phi) is 4.53. The summed E-state index contributed by atoms with van der Waals surface area (Å²) >= 11 is 0. The van der Waals surface area contributed by atoms with E-state index in [0.29, 0.717) is 18.1 Å². The minimum Gasteiger partial charge on any atom is -0.355 e. The molecule has 1 amide bonds. The van der Waals surface area contributed by atoms with Crippen LogP contribution in [0.2, 0.25) is 0 Å². The van der Waals surface area contributed by atoms with Gasteiger partial charge in [0.25, 0.3) is 5.91 Å². The van der Waals surface area contributed by atoms with Crippen LogP contribution in [0.3, 0.4) is 0 Å². The Morgan fingerprint density at radius 1 is 1.07 bits per heavy atom. The first-order chi connectivity index (χ1) is 13.2. The number of hydrogen-bond donors (Lipinski definition) is 1. The summed E-state index contributed by atoms with van der Waals surface area (Å²) in [7, 11) is 0. The molecule has 2 aromatic heterocycles. The third kappa shape index (κ3) is 3.95. The first kappa shape index (κ1) is 16.8. The lowest BCUT2D eigenvalue weighted by atomic mass is 10.1. The lowest BCUT2D eigenvalue weighted by Crippen LogP contribution is -2.13. The van der Waals surface area contributed by atoms with Crippen LogP contribution in [0.4, 0.5) is 5.82 Å². The van der Waals surface area contributed by atoms with Gasteiger partial charge in [0.1, 0.15) is 0 Å². The number of benzene rings is 2. The molecule has 6 nitrogen and oxygen atoms in total. The molecule has 0 saturated carbocycles. The molecule has 2 aromatic carbocycles. The molecule has 1 N–H and O–H groups in total. The van der Waals surface area contributed by atoms with Crippen molar-refractivity contribution >= 4 is 11.7 Å². The van der Waals surface area contributed by atoms with Gasteiger partial charge in [0.15, 0.2) is 17.3 Å².